The standard InChI is InChI=1S/C37H33BrN4O6/c1-47-27-18-16-26(17-19-27)41-33(30(35(41)43)22-8-4-3-5-9-22)32-34(42(45)46)31(23-12-14-25(38)15-13-23)37(40-32,36(44)48-2)20-24-21-39-29-11-7-6-10-28(24)29/h3-19,21,30-34,39-40H,20H2,1-2H3/t30-,31+,32+,33-,34+,37+/m1/s1. The number of H-pyrrole nitrogens is 1. The van der Waals surface area contributed by atoms with Crippen LogP contribution in [0.5, 0.6) is 5.75 Å². The number of nitrogens with one attached hydrogen (secondary N) is 2. The summed E-state index contributed by atoms with van der Waals surface area (Å²) in [4.78, 5) is 46.4. The summed E-state index contributed by atoms with van der Waals surface area (Å²) in [7, 11) is 2.86. The van der Waals surface area contributed by atoms with Crippen LogP contribution in [0.1, 0.15) is 28.5 Å². The lowest BCUT2D eigenvalue weighted by atomic mass is 9.71. The predicted octanol–water partition coefficient (Wildman–Crippen LogP) is 5.99. The van der Waals surface area contributed by atoms with Gasteiger partial charge in [0, 0.05) is 38.6 Å². The van der Waals surface area contributed by atoms with E-state index >= 15 is 0 Å². The molecule has 0 aliphatic carbocycles. The summed E-state index contributed by atoms with van der Waals surface area (Å²) in [6.07, 6.45) is 1.94. The summed E-state index contributed by atoms with van der Waals surface area (Å²) in [5.41, 5.74) is 2.06. The lowest BCUT2D eigenvalue weighted by molar-refractivity contribution is -0.527. The number of para-hydroxylation sites is 1. The number of β-lactam (4-membered cyclic amide) rings is 1. The van der Waals surface area contributed by atoms with Gasteiger partial charge < -0.3 is 19.4 Å². The monoisotopic (exact) mass is 708 g/mol. The summed E-state index contributed by atoms with van der Waals surface area (Å²) in [6.45, 7) is 0. The van der Waals surface area contributed by atoms with E-state index in [0.717, 1.165) is 26.5 Å². The Morgan fingerprint density at radius 1 is 0.938 bits per heavy atom. The Morgan fingerprint density at radius 2 is 1.62 bits per heavy atom. The zero-order chi connectivity index (χ0) is 33.6. The lowest BCUT2D eigenvalue weighted by Gasteiger charge is -2.50. The summed E-state index contributed by atoms with van der Waals surface area (Å²) in [6, 6.07) is 28.3. The average molecular weight is 710 g/mol. The number of aromatic nitrogens is 1. The Balaban J connectivity index is 1.43. The zero-order valence-corrected chi connectivity index (χ0v) is 27.8. The first kappa shape index (κ1) is 31.6. The molecular weight excluding hydrogens is 676 g/mol. The Hall–Kier alpha value is -5.00. The molecule has 244 valence electrons. The van der Waals surface area contributed by atoms with E-state index < -0.39 is 41.5 Å². The van der Waals surface area contributed by atoms with Gasteiger partial charge in [-0.1, -0.05) is 76.6 Å². The Bertz CT molecular complexity index is 1980. The quantitative estimate of drug-likeness (QED) is 0.0833. The minimum Gasteiger partial charge on any atom is -0.497 e. The summed E-state index contributed by atoms with van der Waals surface area (Å²) in [5.74, 6) is -1.85. The van der Waals surface area contributed by atoms with E-state index in [-0.39, 0.29) is 17.3 Å². The number of aromatic amines is 1. The number of hydrogen-bond donors (Lipinski definition) is 2. The molecule has 0 bridgehead atoms. The van der Waals surface area contributed by atoms with Crippen molar-refractivity contribution in [3.63, 3.8) is 0 Å². The van der Waals surface area contributed by atoms with Crippen molar-refractivity contribution in [2.45, 2.75) is 41.9 Å². The maximum atomic E-state index is 14.3. The molecule has 4 aromatic carbocycles. The number of carbonyl (C=O) groups excluding carboxylic acids is 2. The number of amides is 1. The molecule has 10 nitrogen and oxygen atoms in total. The number of nitrogens with zero attached hydrogens (tertiary/aromatic N) is 2. The van der Waals surface area contributed by atoms with Crippen molar-refractivity contribution >= 4 is 44.4 Å². The average Bonchev–Trinajstić information content (AvgIpc) is 3.67. The normalized spacial score (nSPS) is 25.1. The van der Waals surface area contributed by atoms with E-state index in [1.165, 1.54) is 7.11 Å². The van der Waals surface area contributed by atoms with Crippen LogP contribution in [0.4, 0.5) is 5.69 Å². The Morgan fingerprint density at radius 3 is 2.29 bits per heavy atom. The third kappa shape index (κ3) is 5.14. The van der Waals surface area contributed by atoms with Gasteiger partial charge in [0.1, 0.15) is 11.3 Å². The predicted molar refractivity (Wildman–Crippen MR) is 185 cm³/mol. The molecule has 5 aromatic rings. The molecule has 2 aliphatic rings. The lowest BCUT2D eigenvalue weighted by Crippen LogP contribution is -2.70. The van der Waals surface area contributed by atoms with Gasteiger partial charge in [0.25, 0.3) is 0 Å². The van der Waals surface area contributed by atoms with Crippen LogP contribution in [-0.2, 0) is 20.7 Å². The van der Waals surface area contributed by atoms with Crippen LogP contribution in [0.2, 0.25) is 0 Å². The van der Waals surface area contributed by atoms with E-state index in [1.54, 1.807) is 36.3 Å². The van der Waals surface area contributed by atoms with Crippen LogP contribution < -0.4 is 15.0 Å². The molecule has 48 heavy (non-hydrogen) atoms. The summed E-state index contributed by atoms with van der Waals surface area (Å²) < 4.78 is 11.7. The zero-order valence-electron chi connectivity index (χ0n) is 26.2. The third-order valence-electron chi connectivity index (χ3n) is 9.85. The van der Waals surface area contributed by atoms with E-state index in [2.05, 4.69) is 26.2 Å². The molecule has 6 atom stereocenters. The second-order valence-corrected chi connectivity index (χ2v) is 13.2. The van der Waals surface area contributed by atoms with Gasteiger partial charge in [0.15, 0.2) is 0 Å². The van der Waals surface area contributed by atoms with Gasteiger partial charge in [0.05, 0.1) is 38.1 Å². The van der Waals surface area contributed by atoms with Crippen LogP contribution in [0.3, 0.4) is 0 Å². The first-order valence-electron chi connectivity index (χ1n) is 15.6. The van der Waals surface area contributed by atoms with Gasteiger partial charge in [-0.2, -0.15) is 0 Å². The highest BCUT2D eigenvalue weighted by molar-refractivity contribution is 9.10. The van der Waals surface area contributed by atoms with Crippen molar-refractivity contribution in [1.29, 1.82) is 0 Å². The first-order chi connectivity index (χ1) is 23.3. The SMILES string of the molecule is COC(=O)[C@@]1(Cc2c[nH]c3ccccc23)N[C@@H]([C@H]2[C@@H](c3ccccc3)C(=O)N2c2ccc(OC)cc2)[C@@H]([N+](=O)[O-])[C@@H]1c1ccc(Br)cc1. The number of hydrogen-bond acceptors (Lipinski definition) is 7. The Kier molecular flexibility index (Phi) is 8.26. The van der Waals surface area contributed by atoms with Crippen molar-refractivity contribution in [3.05, 3.63) is 141 Å². The second-order valence-electron chi connectivity index (χ2n) is 12.3. The highest BCUT2D eigenvalue weighted by Gasteiger charge is 2.69. The van der Waals surface area contributed by atoms with Gasteiger partial charge in [-0.05, 0) is 59.2 Å². The molecular formula is C37H33BrN4O6. The largest absolute Gasteiger partial charge is 0.497 e. The molecule has 0 unspecified atom stereocenters. The number of carbonyl (C=O) groups is 2. The van der Waals surface area contributed by atoms with Crippen molar-refractivity contribution in [2.24, 2.45) is 0 Å². The minimum atomic E-state index is -1.57. The van der Waals surface area contributed by atoms with Crippen LogP contribution in [0, 0.1) is 10.1 Å². The van der Waals surface area contributed by atoms with E-state index in [1.807, 2.05) is 85.1 Å². The maximum absolute atomic E-state index is 14.3. The number of ether oxygens (including phenoxy) is 2. The molecule has 2 aliphatic heterocycles. The number of methoxy groups -OCH3 is 2. The molecule has 1 aromatic heterocycles. The fraction of sp³-hybridized carbons (Fsp3) is 0.243. The second kappa shape index (κ2) is 12.6. The van der Waals surface area contributed by atoms with Gasteiger partial charge in [-0.25, -0.2) is 0 Å². The van der Waals surface area contributed by atoms with Crippen molar-refractivity contribution in [1.82, 2.24) is 10.3 Å². The number of benzene rings is 4. The number of nitro groups is 1. The molecule has 2 N–H and O–H groups in total. The number of halogens is 1. The van der Waals surface area contributed by atoms with Crippen molar-refractivity contribution in [3.8, 4) is 5.75 Å². The van der Waals surface area contributed by atoms with Crippen molar-refractivity contribution in [2.75, 3.05) is 19.1 Å². The molecule has 0 saturated carbocycles. The molecule has 3 heterocycles. The number of rotatable bonds is 9. The number of esters is 1. The number of fused-ring (bicyclic) bond motifs is 1. The topological polar surface area (TPSA) is 127 Å². The van der Waals surface area contributed by atoms with Crippen LogP contribution >= 0.6 is 15.9 Å². The third-order valence-corrected chi connectivity index (χ3v) is 10.4. The molecule has 2 saturated heterocycles. The maximum Gasteiger partial charge on any atom is 0.327 e. The highest BCUT2D eigenvalue weighted by Crippen LogP contribution is 2.50. The summed E-state index contributed by atoms with van der Waals surface area (Å²) in [5, 5.41) is 17.9. The van der Waals surface area contributed by atoms with Gasteiger partial charge in [-0.3, -0.25) is 25.0 Å². The van der Waals surface area contributed by atoms with E-state index in [0.29, 0.717) is 17.0 Å². The number of anilines is 1. The van der Waals surface area contributed by atoms with Crippen LogP contribution in [-0.4, -0.2) is 59.7 Å². The van der Waals surface area contributed by atoms with Crippen molar-refractivity contribution < 1.29 is 24.0 Å². The van der Waals surface area contributed by atoms with Crippen LogP contribution in [0.25, 0.3) is 10.9 Å². The fourth-order valence-electron chi connectivity index (χ4n) is 7.76. The molecule has 7 rings (SSSR count). The van der Waals surface area contributed by atoms with E-state index in [4.69, 9.17) is 9.47 Å². The molecule has 1 amide bonds. The minimum absolute atomic E-state index is 0.102. The van der Waals surface area contributed by atoms with Gasteiger partial charge in [0.2, 0.25) is 11.9 Å². The smallest absolute Gasteiger partial charge is 0.327 e. The molecule has 0 spiro atoms. The summed E-state index contributed by atoms with van der Waals surface area (Å²) >= 11 is 3.49. The van der Waals surface area contributed by atoms with E-state index in [9.17, 15) is 19.7 Å². The molecule has 0 radical (unpaired) electrons. The first-order valence-corrected chi connectivity index (χ1v) is 16.4. The molecule has 11 heteroatoms. The van der Waals surface area contributed by atoms with Crippen LogP contribution in [0.15, 0.2) is 114 Å². The highest BCUT2D eigenvalue weighted by atomic mass is 79.9. The Labute approximate surface area is 285 Å². The molecule has 2 fully saturated rings. The van der Waals surface area contributed by atoms with Gasteiger partial charge >= 0.3 is 5.97 Å². The fourth-order valence-corrected chi connectivity index (χ4v) is 8.03. The van der Waals surface area contributed by atoms with Gasteiger partial charge in [-0.15, -0.1) is 0 Å².